The average molecular weight is 288 g/mol. The van der Waals surface area contributed by atoms with Crippen molar-refractivity contribution in [3.05, 3.63) is 34.9 Å². The van der Waals surface area contributed by atoms with E-state index >= 15 is 0 Å². The molecule has 0 heterocycles. The van der Waals surface area contributed by atoms with Gasteiger partial charge < -0.3 is 4.74 Å². The van der Waals surface area contributed by atoms with E-state index in [-0.39, 0.29) is 5.11 Å². The van der Waals surface area contributed by atoms with Gasteiger partial charge in [-0.1, -0.05) is 11.6 Å². The number of hydrazine groups is 1. The van der Waals surface area contributed by atoms with E-state index in [1.807, 2.05) is 0 Å². The van der Waals surface area contributed by atoms with E-state index in [2.05, 4.69) is 20.9 Å². The van der Waals surface area contributed by atoms with Gasteiger partial charge in [-0.15, -0.1) is 0 Å². The van der Waals surface area contributed by atoms with Gasteiger partial charge in [0.1, 0.15) is 0 Å². The lowest BCUT2D eigenvalue weighted by Gasteiger charge is -2.09. The molecule has 0 unspecified atom stereocenters. The van der Waals surface area contributed by atoms with Crippen molar-refractivity contribution in [2.75, 3.05) is 7.11 Å². The molecule has 1 aromatic carbocycles. The Balaban J connectivity index is 2.47. The Bertz CT molecular complexity index is 464. The highest BCUT2D eigenvalue weighted by Gasteiger charge is 2.08. The first-order chi connectivity index (χ1) is 8.52. The Morgan fingerprint density at radius 3 is 2.39 bits per heavy atom. The number of benzene rings is 1. The van der Waals surface area contributed by atoms with E-state index in [1.54, 1.807) is 24.3 Å². The van der Waals surface area contributed by atoms with Crippen molar-refractivity contribution in [2.45, 2.75) is 0 Å². The fourth-order valence-electron chi connectivity index (χ4n) is 0.967. The molecule has 0 bridgehead atoms. The summed E-state index contributed by atoms with van der Waals surface area (Å²) >= 11 is 10.5. The van der Waals surface area contributed by atoms with Crippen molar-refractivity contribution in [1.82, 2.24) is 16.2 Å². The molecule has 1 aromatic rings. The minimum Gasteiger partial charge on any atom is -0.452 e. The standard InChI is InChI=1S/C10H10ClN3O3S/c1-17-10(16)14-13-9(18)12-8(15)6-2-4-7(11)5-3-6/h2-5H,1H3,(H,14,16)(H2,12,13,15,18). The number of rotatable bonds is 1. The number of methoxy groups -OCH3 is 1. The number of halogens is 1. The van der Waals surface area contributed by atoms with E-state index < -0.39 is 12.0 Å². The third kappa shape index (κ3) is 4.56. The predicted molar refractivity (Wildman–Crippen MR) is 70.2 cm³/mol. The van der Waals surface area contributed by atoms with Crippen LogP contribution in [0.3, 0.4) is 0 Å². The summed E-state index contributed by atoms with van der Waals surface area (Å²) in [6.07, 6.45) is -0.724. The van der Waals surface area contributed by atoms with E-state index in [0.717, 1.165) is 0 Å². The maximum atomic E-state index is 11.7. The minimum absolute atomic E-state index is 0.0552. The molecule has 8 heteroatoms. The first kappa shape index (κ1) is 14.2. The molecule has 2 amide bonds. The summed E-state index contributed by atoms with van der Waals surface area (Å²) in [7, 11) is 1.20. The van der Waals surface area contributed by atoms with Crippen molar-refractivity contribution in [2.24, 2.45) is 0 Å². The number of hydrogen-bond donors (Lipinski definition) is 3. The second-order valence-electron chi connectivity index (χ2n) is 3.03. The first-order valence-electron chi connectivity index (χ1n) is 4.74. The third-order valence-corrected chi connectivity index (χ3v) is 2.25. The molecule has 0 saturated heterocycles. The fourth-order valence-corrected chi connectivity index (χ4v) is 1.24. The van der Waals surface area contributed by atoms with E-state index in [0.29, 0.717) is 10.6 Å². The molecular formula is C10H10ClN3O3S. The summed E-state index contributed by atoms with van der Waals surface area (Å²) in [4.78, 5) is 22.4. The van der Waals surface area contributed by atoms with E-state index in [4.69, 9.17) is 23.8 Å². The largest absolute Gasteiger partial charge is 0.452 e. The summed E-state index contributed by atoms with van der Waals surface area (Å²) in [5, 5.41) is 2.84. The topological polar surface area (TPSA) is 79.5 Å². The van der Waals surface area contributed by atoms with Crippen LogP contribution in [0.4, 0.5) is 4.79 Å². The summed E-state index contributed by atoms with van der Waals surface area (Å²) in [6, 6.07) is 6.27. The lowest BCUT2D eigenvalue weighted by atomic mass is 10.2. The third-order valence-electron chi connectivity index (χ3n) is 1.80. The zero-order valence-corrected chi connectivity index (χ0v) is 10.9. The maximum absolute atomic E-state index is 11.7. The van der Waals surface area contributed by atoms with Gasteiger partial charge in [-0.25, -0.2) is 10.2 Å². The van der Waals surface area contributed by atoms with Gasteiger partial charge >= 0.3 is 6.09 Å². The molecular weight excluding hydrogens is 278 g/mol. The monoisotopic (exact) mass is 287 g/mol. The lowest BCUT2D eigenvalue weighted by molar-refractivity contribution is 0.0975. The molecule has 0 aromatic heterocycles. The molecule has 96 valence electrons. The quantitative estimate of drug-likeness (QED) is 0.534. The number of thiocarbonyl (C=S) groups is 1. The number of carbonyl (C=O) groups is 2. The number of carbonyl (C=O) groups excluding carboxylic acids is 2. The molecule has 0 atom stereocenters. The Hall–Kier alpha value is -1.86. The van der Waals surface area contributed by atoms with Gasteiger partial charge in [0, 0.05) is 10.6 Å². The average Bonchev–Trinajstić information content (AvgIpc) is 2.36. The van der Waals surface area contributed by atoms with Gasteiger partial charge in [0.2, 0.25) is 0 Å². The van der Waals surface area contributed by atoms with Crippen LogP contribution in [0, 0.1) is 0 Å². The lowest BCUT2D eigenvalue weighted by Crippen LogP contribution is -2.48. The van der Waals surface area contributed by atoms with E-state index in [1.165, 1.54) is 7.11 Å². The first-order valence-corrected chi connectivity index (χ1v) is 5.52. The number of ether oxygens (including phenoxy) is 1. The molecule has 0 spiro atoms. The highest BCUT2D eigenvalue weighted by atomic mass is 35.5. The summed E-state index contributed by atoms with van der Waals surface area (Å²) in [5.74, 6) is -0.421. The van der Waals surface area contributed by atoms with Gasteiger partial charge in [-0.05, 0) is 36.5 Å². The predicted octanol–water partition coefficient (Wildman–Crippen LogP) is 1.22. The van der Waals surface area contributed by atoms with Crippen LogP contribution in [-0.2, 0) is 4.74 Å². The second-order valence-corrected chi connectivity index (χ2v) is 3.88. The molecule has 0 aliphatic carbocycles. The van der Waals surface area contributed by atoms with Crippen molar-refractivity contribution in [3.63, 3.8) is 0 Å². The fraction of sp³-hybridized carbons (Fsp3) is 0.100. The van der Waals surface area contributed by atoms with Crippen LogP contribution in [0.25, 0.3) is 0 Å². The molecule has 0 aliphatic heterocycles. The molecule has 0 radical (unpaired) electrons. The van der Waals surface area contributed by atoms with Crippen molar-refractivity contribution < 1.29 is 14.3 Å². The van der Waals surface area contributed by atoms with Crippen molar-refractivity contribution >= 4 is 40.9 Å². The highest BCUT2D eigenvalue weighted by Crippen LogP contribution is 2.09. The maximum Gasteiger partial charge on any atom is 0.425 e. The SMILES string of the molecule is COC(=O)NNC(=S)NC(=O)c1ccc(Cl)cc1. The van der Waals surface area contributed by atoms with Gasteiger partial charge in [0.15, 0.2) is 5.11 Å². The van der Waals surface area contributed by atoms with Gasteiger partial charge in [-0.2, -0.15) is 0 Å². The molecule has 1 rings (SSSR count). The van der Waals surface area contributed by atoms with Crippen molar-refractivity contribution in [3.8, 4) is 0 Å². The van der Waals surface area contributed by atoms with Crippen molar-refractivity contribution in [1.29, 1.82) is 0 Å². The second kappa shape index (κ2) is 6.77. The van der Waals surface area contributed by atoms with Crippen LogP contribution >= 0.6 is 23.8 Å². The molecule has 3 N–H and O–H groups in total. The smallest absolute Gasteiger partial charge is 0.425 e. The summed E-state index contributed by atoms with van der Waals surface area (Å²) in [6.45, 7) is 0. The molecule has 0 aliphatic rings. The molecule has 0 saturated carbocycles. The molecule has 6 nitrogen and oxygen atoms in total. The Labute approximate surface area is 114 Å². The van der Waals surface area contributed by atoms with Gasteiger partial charge in [0.25, 0.3) is 5.91 Å². The zero-order chi connectivity index (χ0) is 13.5. The Morgan fingerprint density at radius 1 is 1.22 bits per heavy atom. The number of hydrogen-bond acceptors (Lipinski definition) is 4. The van der Waals surface area contributed by atoms with E-state index in [9.17, 15) is 9.59 Å². The zero-order valence-electron chi connectivity index (χ0n) is 9.32. The minimum atomic E-state index is -0.724. The van der Waals surface area contributed by atoms with Crippen LogP contribution in [-0.4, -0.2) is 24.2 Å². The molecule has 18 heavy (non-hydrogen) atoms. The highest BCUT2D eigenvalue weighted by molar-refractivity contribution is 7.80. The normalized spacial score (nSPS) is 9.22. The van der Waals surface area contributed by atoms with Crippen LogP contribution in [0.15, 0.2) is 24.3 Å². The van der Waals surface area contributed by atoms with Crippen LogP contribution in [0.2, 0.25) is 5.02 Å². The van der Waals surface area contributed by atoms with Crippen LogP contribution in [0.1, 0.15) is 10.4 Å². The van der Waals surface area contributed by atoms with Gasteiger partial charge in [-0.3, -0.25) is 15.5 Å². The van der Waals surface area contributed by atoms with Gasteiger partial charge in [0.05, 0.1) is 7.11 Å². The van der Waals surface area contributed by atoms with Crippen LogP contribution < -0.4 is 16.2 Å². The Morgan fingerprint density at radius 2 is 1.83 bits per heavy atom. The Kier molecular flexibility index (Phi) is 5.34. The summed E-state index contributed by atoms with van der Waals surface area (Å²) < 4.78 is 4.30. The van der Waals surface area contributed by atoms with Crippen LogP contribution in [0.5, 0.6) is 0 Å². The number of amides is 2. The number of nitrogens with one attached hydrogen (secondary N) is 3. The summed E-state index contributed by atoms with van der Waals surface area (Å²) in [5.41, 5.74) is 4.79. The molecule has 0 fully saturated rings.